The van der Waals surface area contributed by atoms with Gasteiger partial charge in [-0.1, -0.05) is 39.0 Å². The molecule has 0 aliphatic rings. The van der Waals surface area contributed by atoms with Crippen LogP contribution in [-0.2, 0) is 19.1 Å². The normalized spacial score (nSPS) is 12.3. The molecule has 2 aromatic heterocycles. The molecule has 0 bridgehead atoms. The molecule has 3 aromatic rings. The number of pyridine rings is 1. The number of nitrogens with zero attached hydrogens (tertiary/aromatic N) is 1. The highest BCUT2D eigenvalue weighted by atomic mass is 19.4. The van der Waals surface area contributed by atoms with Gasteiger partial charge in [0.05, 0.1) is 5.56 Å². The van der Waals surface area contributed by atoms with Crippen LogP contribution in [0.4, 0.5) is 13.2 Å². The summed E-state index contributed by atoms with van der Waals surface area (Å²) in [6.07, 6.45) is 3.44. The quantitative estimate of drug-likeness (QED) is 0.378. The molecule has 0 aliphatic heterocycles. The predicted octanol–water partition coefficient (Wildman–Crippen LogP) is 6.10. The summed E-state index contributed by atoms with van der Waals surface area (Å²) in [4.78, 5) is 14.4. The maximum absolute atomic E-state index is 13.8. The monoisotopic (exact) mass is 436 g/mol. The van der Waals surface area contributed by atoms with Crippen molar-refractivity contribution in [3.05, 3.63) is 45.4 Å². The second kappa shape index (κ2) is 9.90. The summed E-state index contributed by atoms with van der Waals surface area (Å²) in [5.74, 6) is 0. The fraction of sp³-hybridized carbons (Fsp3) is 0.542. The van der Waals surface area contributed by atoms with Gasteiger partial charge >= 0.3 is 6.18 Å². The molecule has 0 fully saturated rings. The number of rotatable bonds is 10. The van der Waals surface area contributed by atoms with Gasteiger partial charge in [0.25, 0.3) is 0 Å². The Kier molecular flexibility index (Phi) is 7.46. The molecule has 0 aliphatic carbocycles. The zero-order chi connectivity index (χ0) is 22.6. The number of fused-ring (bicyclic) bond motifs is 3. The molecule has 0 saturated heterocycles. The summed E-state index contributed by atoms with van der Waals surface area (Å²) in [5, 5.41) is 9.50. The minimum atomic E-state index is -4.60. The fourth-order valence-electron chi connectivity index (χ4n) is 4.64. The van der Waals surface area contributed by atoms with E-state index in [2.05, 4.69) is 9.55 Å². The Bertz CT molecular complexity index is 1100. The number of alkyl halides is 3. The van der Waals surface area contributed by atoms with Crippen LogP contribution >= 0.6 is 0 Å². The number of hydrogen-bond acceptors (Lipinski definition) is 2. The minimum absolute atomic E-state index is 0.0828. The van der Waals surface area contributed by atoms with E-state index in [1.165, 1.54) is 0 Å². The number of nitrogens with one attached hydrogen (secondary N) is 1. The predicted molar refractivity (Wildman–Crippen MR) is 119 cm³/mol. The highest BCUT2D eigenvalue weighted by Crippen LogP contribution is 2.39. The maximum atomic E-state index is 13.8. The van der Waals surface area contributed by atoms with Crippen LogP contribution in [0.25, 0.3) is 21.8 Å². The van der Waals surface area contributed by atoms with Crippen molar-refractivity contribution in [3.8, 4) is 0 Å². The number of aryl methyl sites for hydroxylation is 2. The number of aliphatic hydroxyl groups is 1. The van der Waals surface area contributed by atoms with Crippen molar-refractivity contribution < 1.29 is 18.3 Å². The van der Waals surface area contributed by atoms with Crippen LogP contribution in [0.15, 0.2) is 23.0 Å². The van der Waals surface area contributed by atoms with E-state index < -0.39 is 17.3 Å². The second-order valence-electron chi connectivity index (χ2n) is 8.20. The molecule has 1 aromatic carbocycles. The van der Waals surface area contributed by atoms with E-state index in [-0.39, 0.29) is 17.5 Å². The van der Waals surface area contributed by atoms with Crippen LogP contribution < -0.4 is 5.56 Å². The first-order chi connectivity index (χ1) is 14.8. The van der Waals surface area contributed by atoms with Crippen molar-refractivity contribution in [1.29, 1.82) is 0 Å². The average molecular weight is 437 g/mol. The number of benzene rings is 1. The van der Waals surface area contributed by atoms with E-state index >= 15 is 0 Å². The molecule has 0 saturated carbocycles. The van der Waals surface area contributed by atoms with Gasteiger partial charge in [0.15, 0.2) is 0 Å². The summed E-state index contributed by atoms with van der Waals surface area (Å²) < 4.78 is 43.5. The SMILES string of the molecule is CCc1c(C)c2c3c(C(F)(F)F)cc(=O)[nH]c3ccc2n1CCCCCCCCCO. The van der Waals surface area contributed by atoms with E-state index in [0.717, 1.165) is 74.7 Å². The van der Waals surface area contributed by atoms with Crippen molar-refractivity contribution in [2.75, 3.05) is 6.61 Å². The summed E-state index contributed by atoms with van der Waals surface area (Å²) in [6, 6.07) is 4.08. The van der Waals surface area contributed by atoms with Gasteiger partial charge in [-0.3, -0.25) is 4.79 Å². The van der Waals surface area contributed by atoms with Crippen molar-refractivity contribution in [2.24, 2.45) is 0 Å². The van der Waals surface area contributed by atoms with Crippen LogP contribution in [-0.4, -0.2) is 21.3 Å². The van der Waals surface area contributed by atoms with Gasteiger partial charge in [-0.15, -0.1) is 0 Å². The summed E-state index contributed by atoms with van der Waals surface area (Å²) in [6.45, 7) is 4.91. The maximum Gasteiger partial charge on any atom is 0.417 e. The lowest BCUT2D eigenvalue weighted by Crippen LogP contribution is -2.14. The van der Waals surface area contributed by atoms with Crippen LogP contribution in [0.3, 0.4) is 0 Å². The first kappa shape index (κ1) is 23.4. The molecule has 0 unspecified atom stereocenters. The van der Waals surface area contributed by atoms with Gasteiger partial charge in [-0.2, -0.15) is 13.2 Å². The fourth-order valence-corrected chi connectivity index (χ4v) is 4.64. The Hall–Kier alpha value is -2.28. The Morgan fingerprint density at radius 2 is 1.65 bits per heavy atom. The number of aliphatic hydroxyl groups excluding tert-OH is 1. The standard InChI is InChI=1S/C24H31F3N2O2/c1-3-19-16(2)22-20(29(19)13-9-7-5-4-6-8-10-14-30)12-11-18-23(22)17(24(25,26)27)15-21(31)28-18/h11-12,15,30H,3-10,13-14H2,1-2H3,(H,28,31). The Morgan fingerprint density at radius 1 is 1.00 bits per heavy atom. The lowest BCUT2D eigenvalue weighted by atomic mass is 10.0. The van der Waals surface area contributed by atoms with Gasteiger partial charge in [-0.05, 0) is 43.9 Å². The first-order valence-electron chi connectivity index (χ1n) is 11.1. The zero-order valence-electron chi connectivity index (χ0n) is 18.2. The number of halogens is 3. The highest BCUT2D eigenvalue weighted by molar-refractivity contribution is 6.09. The number of aromatic nitrogens is 2. The van der Waals surface area contributed by atoms with Crippen molar-refractivity contribution in [3.63, 3.8) is 0 Å². The lowest BCUT2D eigenvalue weighted by Gasteiger charge is -2.12. The molecule has 4 nitrogen and oxygen atoms in total. The number of hydrogen-bond donors (Lipinski definition) is 2. The molecular weight excluding hydrogens is 405 g/mol. The molecule has 31 heavy (non-hydrogen) atoms. The second-order valence-corrected chi connectivity index (χ2v) is 8.20. The summed E-state index contributed by atoms with van der Waals surface area (Å²) in [5.41, 5.74) is 1.29. The molecule has 170 valence electrons. The summed E-state index contributed by atoms with van der Waals surface area (Å²) >= 11 is 0. The third-order valence-electron chi connectivity index (χ3n) is 6.09. The van der Waals surface area contributed by atoms with E-state index in [4.69, 9.17) is 5.11 Å². The molecule has 2 heterocycles. The summed E-state index contributed by atoms with van der Waals surface area (Å²) in [7, 11) is 0. The van der Waals surface area contributed by atoms with Crippen molar-refractivity contribution in [1.82, 2.24) is 9.55 Å². The van der Waals surface area contributed by atoms with E-state index in [9.17, 15) is 18.0 Å². The average Bonchev–Trinajstić information content (AvgIpc) is 2.99. The smallest absolute Gasteiger partial charge is 0.396 e. The minimum Gasteiger partial charge on any atom is -0.396 e. The molecule has 2 N–H and O–H groups in total. The van der Waals surface area contributed by atoms with Gasteiger partial charge in [0.2, 0.25) is 5.56 Å². The lowest BCUT2D eigenvalue weighted by molar-refractivity contribution is -0.136. The molecule has 0 atom stereocenters. The largest absolute Gasteiger partial charge is 0.417 e. The van der Waals surface area contributed by atoms with Crippen LogP contribution in [0.5, 0.6) is 0 Å². The molecule has 0 amide bonds. The number of unbranched alkanes of at least 4 members (excludes halogenated alkanes) is 6. The van der Waals surface area contributed by atoms with E-state index in [1.807, 2.05) is 19.9 Å². The third-order valence-corrected chi connectivity index (χ3v) is 6.09. The third kappa shape index (κ3) is 4.97. The van der Waals surface area contributed by atoms with Gasteiger partial charge in [-0.25, -0.2) is 0 Å². The number of aromatic amines is 1. The Labute approximate surface area is 180 Å². The Morgan fingerprint density at radius 3 is 2.26 bits per heavy atom. The van der Waals surface area contributed by atoms with Crippen LogP contribution in [0.2, 0.25) is 0 Å². The molecule has 0 radical (unpaired) electrons. The number of H-pyrrole nitrogens is 1. The first-order valence-corrected chi connectivity index (χ1v) is 11.1. The van der Waals surface area contributed by atoms with E-state index in [1.54, 1.807) is 6.07 Å². The van der Waals surface area contributed by atoms with Crippen molar-refractivity contribution >= 4 is 21.8 Å². The molecule has 3 rings (SSSR count). The van der Waals surface area contributed by atoms with E-state index in [0.29, 0.717) is 11.5 Å². The molecule has 0 spiro atoms. The van der Waals surface area contributed by atoms with Gasteiger partial charge in [0, 0.05) is 46.7 Å². The van der Waals surface area contributed by atoms with Gasteiger partial charge in [0.1, 0.15) is 0 Å². The highest BCUT2D eigenvalue weighted by Gasteiger charge is 2.34. The van der Waals surface area contributed by atoms with Gasteiger partial charge < -0.3 is 14.7 Å². The topological polar surface area (TPSA) is 58.0 Å². The van der Waals surface area contributed by atoms with Crippen LogP contribution in [0, 0.1) is 6.92 Å². The molecule has 7 heteroatoms. The van der Waals surface area contributed by atoms with Crippen molar-refractivity contribution in [2.45, 2.75) is 77.9 Å². The van der Waals surface area contributed by atoms with Crippen LogP contribution in [0.1, 0.15) is 68.7 Å². The Balaban J connectivity index is 1.95. The molecular formula is C24H31F3N2O2. The zero-order valence-corrected chi connectivity index (χ0v) is 18.2.